The number of hydrogen-bond acceptors (Lipinski definition) is 5. The number of alkyl halides is 3. The van der Waals surface area contributed by atoms with Gasteiger partial charge in [-0.05, 0) is 31.2 Å². The van der Waals surface area contributed by atoms with Gasteiger partial charge in [-0.15, -0.1) is 0 Å². The summed E-state index contributed by atoms with van der Waals surface area (Å²) in [7, 11) is 1.40. The maximum atomic E-state index is 13.6. The summed E-state index contributed by atoms with van der Waals surface area (Å²) < 4.78 is 60.4. The minimum atomic E-state index is -4.73. The standard InChI is InChI=1S/C21H15F4N5O2/c1-11-14(9-26-10-15(11)22)19(31)28-12-3-6-18(27-8-12)30-17-5-4-13(32-2)7-16(17)29-20(30)21(23,24)25/h3-10H,1-2H3,(H,28,31). The molecule has 3 aromatic heterocycles. The fourth-order valence-corrected chi connectivity index (χ4v) is 3.13. The lowest BCUT2D eigenvalue weighted by atomic mass is 10.1. The number of carbonyl (C=O) groups is 1. The Kier molecular flexibility index (Phi) is 5.25. The van der Waals surface area contributed by atoms with Gasteiger partial charge in [-0.25, -0.2) is 14.4 Å². The van der Waals surface area contributed by atoms with E-state index >= 15 is 0 Å². The Labute approximate surface area is 178 Å². The Morgan fingerprint density at radius 3 is 2.56 bits per heavy atom. The van der Waals surface area contributed by atoms with E-state index < -0.39 is 23.7 Å². The number of imidazole rings is 1. The number of nitrogens with one attached hydrogen (secondary N) is 1. The largest absolute Gasteiger partial charge is 0.497 e. The Balaban J connectivity index is 1.70. The van der Waals surface area contributed by atoms with Gasteiger partial charge in [0.1, 0.15) is 17.4 Å². The monoisotopic (exact) mass is 445 g/mol. The normalized spacial score (nSPS) is 11.6. The highest BCUT2D eigenvalue weighted by atomic mass is 19.4. The lowest BCUT2D eigenvalue weighted by molar-refractivity contribution is -0.145. The van der Waals surface area contributed by atoms with Gasteiger partial charge in [0, 0.05) is 17.8 Å². The number of halogens is 4. The van der Waals surface area contributed by atoms with Gasteiger partial charge < -0.3 is 10.1 Å². The van der Waals surface area contributed by atoms with Crippen LogP contribution in [0, 0.1) is 12.7 Å². The number of rotatable bonds is 4. The van der Waals surface area contributed by atoms with Crippen LogP contribution in [0.5, 0.6) is 5.75 Å². The van der Waals surface area contributed by atoms with Gasteiger partial charge in [-0.3, -0.25) is 14.3 Å². The fraction of sp³-hybridized carbons (Fsp3) is 0.143. The third-order valence-electron chi connectivity index (χ3n) is 4.75. The maximum Gasteiger partial charge on any atom is 0.450 e. The van der Waals surface area contributed by atoms with Crippen LogP contribution in [0.3, 0.4) is 0 Å². The van der Waals surface area contributed by atoms with Gasteiger partial charge in [0.25, 0.3) is 5.91 Å². The molecule has 1 N–H and O–H groups in total. The number of nitrogens with zero attached hydrogens (tertiary/aromatic N) is 4. The van der Waals surface area contributed by atoms with Crippen molar-refractivity contribution in [2.75, 3.05) is 12.4 Å². The Hall–Kier alpha value is -4.02. The zero-order chi connectivity index (χ0) is 23.0. The molecule has 0 aliphatic heterocycles. The number of methoxy groups -OCH3 is 1. The molecule has 0 aliphatic carbocycles. The van der Waals surface area contributed by atoms with Gasteiger partial charge in [-0.1, -0.05) is 0 Å². The summed E-state index contributed by atoms with van der Waals surface area (Å²) in [4.78, 5) is 23.8. The predicted octanol–water partition coefficient (Wildman–Crippen LogP) is 4.54. The van der Waals surface area contributed by atoms with Gasteiger partial charge >= 0.3 is 6.18 Å². The van der Waals surface area contributed by atoms with Crippen molar-refractivity contribution in [2.24, 2.45) is 0 Å². The summed E-state index contributed by atoms with van der Waals surface area (Å²) >= 11 is 0. The predicted molar refractivity (Wildman–Crippen MR) is 107 cm³/mol. The summed E-state index contributed by atoms with van der Waals surface area (Å²) in [5.74, 6) is -2.09. The molecule has 1 aromatic carbocycles. The molecule has 0 aliphatic rings. The van der Waals surface area contributed by atoms with E-state index in [2.05, 4.69) is 20.3 Å². The number of anilines is 1. The van der Waals surface area contributed by atoms with Crippen LogP contribution in [0.2, 0.25) is 0 Å². The number of hydrogen-bond donors (Lipinski definition) is 1. The Bertz CT molecular complexity index is 1320. The van der Waals surface area contributed by atoms with E-state index in [-0.39, 0.29) is 33.7 Å². The number of aromatic nitrogens is 4. The topological polar surface area (TPSA) is 81.9 Å². The minimum Gasteiger partial charge on any atom is -0.497 e. The van der Waals surface area contributed by atoms with E-state index in [0.717, 1.165) is 10.8 Å². The summed E-state index contributed by atoms with van der Waals surface area (Å²) in [5, 5.41) is 2.52. The van der Waals surface area contributed by atoms with Crippen LogP contribution in [0.4, 0.5) is 23.2 Å². The van der Waals surface area contributed by atoms with E-state index in [4.69, 9.17) is 4.74 Å². The molecule has 0 unspecified atom stereocenters. The molecule has 11 heteroatoms. The van der Waals surface area contributed by atoms with E-state index in [1.54, 1.807) is 0 Å². The van der Waals surface area contributed by atoms with Crippen molar-refractivity contribution in [3.05, 3.63) is 71.7 Å². The first-order valence-electron chi connectivity index (χ1n) is 9.20. The second kappa shape index (κ2) is 7.91. The lowest BCUT2D eigenvalue weighted by Gasteiger charge is -2.12. The molecule has 0 spiro atoms. The first kappa shape index (κ1) is 21.2. The molecule has 7 nitrogen and oxygen atoms in total. The molecule has 0 fully saturated rings. The van der Waals surface area contributed by atoms with Gasteiger partial charge in [-0.2, -0.15) is 13.2 Å². The van der Waals surface area contributed by atoms with Crippen LogP contribution in [-0.4, -0.2) is 32.5 Å². The first-order valence-corrected chi connectivity index (χ1v) is 9.20. The summed E-state index contributed by atoms with van der Waals surface area (Å²) in [6.45, 7) is 1.44. The Morgan fingerprint density at radius 1 is 1.12 bits per heavy atom. The van der Waals surface area contributed by atoms with Crippen LogP contribution in [0.1, 0.15) is 21.7 Å². The molecule has 164 valence electrons. The van der Waals surface area contributed by atoms with Crippen LogP contribution in [-0.2, 0) is 6.18 Å². The van der Waals surface area contributed by atoms with Crippen molar-refractivity contribution in [3.8, 4) is 11.6 Å². The fourth-order valence-electron chi connectivity index (χ4n) is 3.13. The second-order valence-electron chi connectivity index (χ2n) is 6.78. The molecular weight excluding hydrogens is 430 g/mol. The number of pyridine rings is 2. The molecule has 4 aromatic rings. The second-order valence-corrected chi connectivity index (χ2v) is 6.78. The Morgan fingerprint density at radius 2 is 1.91 bits per heavy atom. The zero-order valence-corrected chi connectivity index (χ0v) is 16.7. The van der Waals surface area contributed by atoms with Gasteiger partial charge in [0.05, 0.1) is 41.8 Å². The summed E-state index contributed by atoms with van der Waals surface area (Å²) in [6, 6.07) is 7.06. The SMILES string of the molecule is COc1ccc2c(c1)nc(C(F)(F)F)n2-c1ccc(NC(=O)c2cncc(F)c2C)cn1. The molecule has 0 saturated heterocycles. The highest BCUT2D eigenvalue weighted by Crippen LogP contribution is 2.34. The molecular formula is C21H15F4N5O2. The molecule has 0 saturated carbocycles. The molecule has 0 bridgehead atoms. The number of fused-ring (bicyclic) bond motifs is 1. The minimum absolute atomic E-state index is 0.0305. The smallest absolute Gasteiger partial charge is 0.450 e. The molecule has 4 rings (SSSR count). The van der Waals surface area contributed by atoms with Crippen molar-refractivity contribution in [1.82, 2.24) is 19.5 Å². The molecule has 0 atom stereocenters. The average molecular weight is 445 g/mol. The number of benzene rings is 1. The van der Waals surface area contributed by atoms with E-state index in [1.807, 2.05) is 0 Å². The van der Waals surface area contributed by atoms with Crippen molar-refractivity contribution in [3.63, 3.8) is 0 Å². The van der Waals surface area contributed by atoms with Crippen molar-refractivity contribution >= 4 is 22.6 Å². The molecule has 3 heterocycles. The van der Waals surface area contributed by atoms with Gasteiger partial charge in [0.2, 0.25) is 5.82 Å². The third-order valence-corrected chi connectivity index (χ3v) is 4.75. The van der Waals surface area contributed by atoms with Crippen LogP contribution in [0.25, 0.3) is 16.9 Å². The first-order chi connectivity index (χ1) is 15.2. The van der Waals surface area contributed by atoms with Crippen LogP contribution in [0.15, 0.2) is 48.9 Å². The summed E-state index contributed by atoms with van der Waals surface area (Å²) in [5.41, 5.74) is 0.635. The highest BCUT2D eigenvalue weighted by Gasteiger charge is 2.38. The number of amides is 1. The van der Waals surface area contributed by atoms with Crippen molar-refractivity contribution < 1.29 is 27.1 Å². The number of ether oxygens (including phenoxy) is 1. The molecule has 32 heavy (non-hydrogen) atoms. The quantitative estimate of drug-likeness (QED) is 0.467. The van der Waals surface area contributed by atoms with Crippen LogP contribution >= 0.6 is 0 Å². The molecule has 0 radical (unpaired) electrons. The average Bonchev–Trinajstić information content (AvgIpc) is 3.15. The number of carbonyl (C=O) groups excluding carboxylic acids is 1. The van der Waals surface area contributed by atoms with Crippen LogP contribution < -0.4 is 10.1 Å². The van der Waals surface area contributed by atoms with E-state index in [9.17, 15) is 22.4 Å². The summed E-state index contributed by atoms with van der Waals surface area (Å²) in [6.07, 6.45) is -1.32. The molecule has 1 amide bonds. The van der Waals surface area contributed by atoms with E-state index in [1.165, 1.54) is 56.8 Å². The zero-order valence-electron chi connectivity index (χ0n) is 16.7. The maximum absolute atomic E-state index is 13.6. The van der Waals surface area contributed by atoms with Crippen molar-refractivity contribution in [1.29, 1.82) is 0 Å². The van der Waals surface area contributed by atoms with E-state index in [0.29, 0.717) is 5.75 Å². The van der Waals surface area contributed by atoms with Gasteiger partial charge in [0.15, 0.2) is 0 Å². The highest BCUT2D eigenvalue weighted by molar-refractivity contribution is 6.05. The lowest BCUT2D eigenvalue weighted by Crippen LogP contribution is -2.16. The van der Waals surface area contributed by atoms with Crippen molar-refractivity contribution in [2.45, 2.75) is 13.1 Å². The third kappa shape index (κ3) is 3.84.